The summed E-state index contributed by atoms with van der Waals surface area (Å²) in [5.74, 6) is 0.591. The van der Waals surface area contributed by atoms with Crippen LogP contribution in [0, 0.1) is 6.92 Å². The lowest BCUT2D eigenvalue weighted by molar-refractivity contribution is -0.140. The van der Waals surface area contributed by atoms with Gasteiger partial charge in [-0.2, -0.15) is 0 Å². The van der Waals surface area contributed by atoms with Crippen molar-refractivity contribution >= 4 is 23.3 Å². The zero-order valence-corrected chi connectivity index (χ0v) is 19.8. The second-order valence-electron chi connectivity index (χ2n) is 7.93. The van der Waals surface area contributed by atoms with E-state index < -0.39 is 0 Å². The van der Waals surface area contributed by atoms with Crippen molar-refractivity contribution in [2.24, 2.45) is 0 Å². The molecule has 1 aliphatic rings. The first kappa shape index (κ1) is 22.8. The van der Waals surface area contributed by atoms with E-state index in [0.717, 1.165) is 28.5 Å². The highest BCUT2D eigenvalue weighted by molar-refractivity contribution is 7.80. The average molecular weight is 465 g/mol. The average Bonchev–Trinajstić information content (AvgIpc) is 3.38. The molecule has 3 aromatic rings. The lowest BCUT2D eigenvalue weighted by Crippen LogP contribution is -2.31. The van der Waals surface area contributed by atoms with E-state index >= 15 is 0 Å². The molecule has 0 spiro atoms. The molecule has 2 aromatic heterocycles. The van der Waals surface area contributed by atoms with Crippen LogP contribution in [0.25, 0.3) is 5.69 Å². The van der Waals surface area contributed by atoms with E-state index in [2.05, 4.69) is 38.8 Å². The maximum Gasteiger partial charge on any atom is 0.305 e. The number of ether oxygens (including phenoxy) is 2. The van der Waals surface area contributed by atoms with Gasteiger partial charge in [-0.1, -0.05) is 6.07 Å². The first-order valence-electron chi connectivity index (χ1n) is 10.9. The molecule has 0 unspecified atom stereocenters. The fourth-order valence-electron chi connectivity index (χ4n) is 4.34. The van der Waals surface area contributed by atoms with Crippen LogP contribution in [0.1, 0.15) is 42.0 Å². The van der Waals surface area contributed by atoms with Crippen LogP contribution < -0.4 is 10.1 Å². The van der Waals surface area contributed by atoms with Crippen molar-refractivity contribution in [2.75, 3.05) is 20.8 Å². The number of methoxy groups -OCH3 is 2. The molecule has 1 N–H and O–H groups in total. The van der Waals surface area contributed by atoms with Crippen LogP contribution in [-0.2, 0) is 9.53 Å². The van der Waals surface area contributed by atoms with Gasteiger partial charge >= 0.3 is 5.97 Å². The minimum Gasteiger partial charge on any atom is -0.497 e. The van der Waals surface area contributed by atoms with Crippen molar-refractivity contribution in [3.63, 3.8) is 0 Å². The SMILES string of the molecule is COC(=O)CCCN1C(=S)N[C@H](c2ccccn2)[C@H]1c1ccc(C)n1-c1ccc(OC)cc1. The Bertz CT molecular complexity index is 1110. The molecule has 7 nitrogen and oxygen atoms in total. The fourth-order valence-corrected chi connectivity index (χ4v) is 4.67. The van der Waals surface area contributed by atoms with Crippen molar-refractivity contribution in [3.8, 4) is 11.4 Å². The number of thiocarbonyl (C=S) groups is 1. The minimum absolute atomic E-state index is 0.0964. The second kappa shape index (κ2) is 10.0. The third-order valence-corrected chi connectivity index (χ3v) is 6.30. The zero-order valence-electron chi connectivity index (χ0n) is 19.0. The second-order valence-corrected chi connectivity index (χ2v) is 8.32. The van der Waals surface area contributed by atoms with Gasteiger partial charge < -0.3 is 24.3 Å². The molecule has 0 bridgehead atoms. The summed E-state index contributed by atoms with van der Waals surface area (Å²) < 4.78 is 12.4. The van der Waals surface area contributed by atoms with Crippen molar-refractivity contribution < 1.29 is 14.3 Å². The Kier molecular flexibility index (Phi) is 6.93. The largest absolute Gasteiger partial charge is 0.497 e. The van der Waals surface area contributed by atoms with Crippen molar-refractivity contribution in [1.29, 1.82) is 0 Å². The van der Waals surface area contributed by atoms with E-state index in [0.29, 0.717) is 24.5 Å². The monoisotopic (exact) mass is 464 g/mol. The smallest absolute Gasteiger partial charge is 0.305 e. The van der Waals surface area contributed by atoms with Crippen LogP contribution in [0.5, 0.6) is 5.75 Å². The number of hydrogen-bond acceptors (Lipinski definition) is 5. The standard InChI is InChI=1S/C25H28N4O3S/c1-17-9-14-21(29(17)18-10-12-19(31-2)13-11-18)24-23(20-7-4-5-15-26-20)27-25(33)28(24)16-6-8-22(30)32-3/h4-5,7,9-15,23-24H,6,8,16H2,1-3H3,(H,27,33)/t23-,24-/m1/s1. The van der Waals surface area contributed by atoms with Crippen LogP contribution in [-0.4, -0.2) is 46.3 Å². The number of nitrogens with zero attached hydrogens (tertiary/aromatic N) is 3. The van der Waals surface area contributed by atoms with Gasteiger partial charge in [-0.05, 0) is 74.1 Å². The van der Waals surface area contributed by atoms with E-state index in [1.807, 2.05) is 42.5 Å². The molecular weight excluding hydrogens is 436 g/mol. The Labute approximate surface area is 199 Å². The number of hydrogen-bond donors (Lipinski definition) is 1. The summed E-state index contributed by atoms with van der Waals surface area (Å²) in [4.78, 5) is 18.5. The maximum atomic E-state index is 11.7. The van der Waals surface area contributed by atoms with Gasteiger partial charge in [0.2, 0.25) is 0 Å². The summed E-state index contributed by atoms with van der Waals surface area (Å²) in [7, 11) is 3.07. The van der Waals surface area contributed by atoms with E-state index in [9.17, 15) is 4.79 Å². The Morgan fingerprint density at radius 2 is 1.91 bits per heavy atom. The molecule has 1 aromatic carbocycles. The molecule has 1 fully saturated rings. The Hall–Kier alpha value is -3.39. The summed E-state index contributed by atoms with van der Waals surface area (Å²) in [5.41, 5.74) is 4.17. The molecule has 1 saturated heterocycles. The zero-order chi connectivity index (χ0) is 23.4. The summed E-state index contributed by atoms with van der Waals surface area (Å²) in [6.45, 7) is 2.72. The molecular formula is C25H28N4O3S. The molecule has 172 valence electrons. The summed E-state index contributed by atoms with van der Waals surface area (Å²) in [6.07, 6.45) is 2.78. The van der Waals surface area contributed by atoms with Gasteiger partial charge in [-0.15, -0.1) is 0 Å². The Balaban J connectivity index is 1.74. The number of rotatable bonds is 8. The molecule has 4 rings (SSSR count). The van der Waals surface area contributed by atoms with Gasteiger partial charge in [0.15, 0.2) is 5.11 Å². The number of pyridine rings is 1. The lowest BCUT2D eigenvalue weighted by atomic mass is 10.0. The van der Waals surface area contributed by atoms with Crippen molar-refractivity contribution in [3.05, 3.63) is 77.9 Å². The highest BCUT2D eigenvalue weighted by Crippen LogP contribution is 2.40. The van der Waals surface area contributed by atoms with Crippen LogP contribution in [0.4, 0.5) is 0 Å². The van der Waals surface area contributed by atoms with Crippen molar-refractivity contribution in [2.45, 2.75) is 31.8 Å². The van der Waals surface area contributed by atoms with Crippen LogP contribution in [0.15, 0.2) is 60.8 Å². The maximum absolute atomic E-state index is 11.7. The molecule has 1 aliphatic heterocycles. The molecule has 0 amide bonds. The number of nitrogens with one attached hydrogen (secondary N) is 1. The molecule has 0 radical (unpaired) electrons. The van der Waals surface area contributed by atoms with Gasteiger partial charge in [0, 0.05) is 36.2 Å². The van der Waals surface area contributed by atoms with Crippen LogP contribution >= 0.6 is 12.2 Å². The first-order valence-corrected chi connectivity index (χ1v) is 11.3. The lowest BCUT2D eigenvalue weighted by Gasteiger charge is -2.29. The van der Waals surface area contributed by atoms with E-state index in [4.69, 9.17) is 21.7 Å². The van der Waals surface area contributed by atoms with Gasteiger partial charge in [-0.3, -0.25) is 9.78 Å². The molecule has 8 heteroatoms. The van der Waals surface area contributed by atoms with E-state index in [1.165, 1.54) is 7.11 Å². The predicted octanol–water partition coefficient (Wildman–Crippen LogP) is 4.12. The summed E-state index contributed by atoms with van der Waals surface area (Å²) in [5, 5.41) is 4.13. The quantitative estimate of drug-likeness (QED) is 0.397. The van der Waals surface area contributed by atoms with Gasteiger partial charge in [0.1, 0.15) is 5.75 Å². The number of benzene rings is 1. The van der Waals surface area contributed by atoms with Gasteiger partial charge in [0.05, 0.1) is 32.0 Å². The van der Waals surface area contributed by atoms with E-state index in [-0.39, 0.29) is 18.1 Å². The minimum atomic E-state index is -0.219. The molecule has 0 saturated carbocycles. The Morgan fingerprint density at radius 3 is 2.58 bits per heavy atom. The van der Waals surface area contributed by atoms with Gasteiger partial charge in [-0.25, -0.2) is 0 Å². The molecule has 2 atom stereocenters. The van der Waals surface area contributed by atoms with Crippen molar-refractivity contribution in [1.82, 2.24) is 19.8 Å². The third-order valence-electron chi connectivity index (χ3n) is 5.95. The topological polar surface area (TPSA) is 68.6 Å². The van der Waals surface area contributed by atoms with Gasteiger partial charge in [0.25, 0.3) is 0 Å². The fraction of sp³-hybridized carbons (Fsp3) is 0.320. The number of aromatic nitrogens is 2. The highest BCUT2D eigenvalue weighted by atomic mass is 32.1. The molecule has 33 heavy (non-hydrogen) atoms. The first-order chi connectivity index (χ1) is 16.0. The van der Waals surface area contributed by atoms with E-state index in [1.54, 1.807) is 13.3 Å². The Morgan fingerprint density at radius 1 is 1.12 bits per heavy atom. The van der Waals surface area contributed by atoms with Crippen LogP contribution in [0.3, 0.4) is 0 Å². The summed E-state index contributed by atoms with van der Waals surface area (Å²) in [6, 6.07) is 18.0. The predicted molar refractivity (Wildman–Crippen MR) is 130 cm³/mol. The summed E-state index contributed by atoms with van der Waals surface area (Å²) >= 11 is 5.75. The number of esters is 1. The molecule has 0 aliphatic carbocycles. The number of carbonyl (C=O) groups is 1. The van der Waals surface area contributed by atoms with Crippen LogP contribution in [0.2, 0.25) is 0 Å². The molecule has 3 heterocycles. The normalized spacial score (nSPS) is 17.7. The third kappa shape index (κ3) is 4.71. The number of aryl methyl sites for hydroxylation is 1. The number of carbonyl (C=O) groups excluding carboxylic acids is 1. The highest BCUT2D eigenvalue weighted by Gasteiger charge is 2.41.